The lowest BCUT2D eigenvalue weighted by Gasteiger charge is -2.29. The summed E-state index contributed by atoms with van der Waals surface area (Å²) >= 11 is 6.08. The van der Waals surface area contributed by atoms with Gasteiger partial charge in [-0.2, -0.15) is 4.98 Å². The molecule has 0 atom stereocenters. The van der Waals surface area contributed by atoms with Gasteiger partial charge in [-0.15, -0.1) is 11.6 Å². The third-order valence-corrected chi connectivity index (χ3v) is 3.24. The lowest BCUT2D eigenvalue weighted by Crippen LogP contribution is -2.34. The van der Waals surface area contributed by atoms with Crippen LogP contribution >= 0.6 is 11.6 Å². The molecule has 1 saturated heterocycles. The Morgan fingerprint density at radius 2 is 2.18 bits per heavy atom. The molecule has 0 amide bonds. The zero-order valence-electron chi connectivity index (χ0n) is 10.1. The average Bonchev–Trinajstić information content (AvgIpc) is 2.37. The largest absolute Gasteiger partial charge is 0.477 e. The molecular formula is C12H18ClN3O. The first-order valence-electron chi connectivity index (χ1n) is 6.13. The molecule has 0 bridgehead atoms. The van der Waals surface area contributed by atoms with Crippen LogP contribution in [-0.2, 0) is 0 Å². The number of nitrogens with zero attached hydrogens (tertiary/aromatic N) is 3. The smallest absolute Gasteiger partial charge is 0.234 e. The van der Waals surface area contributed by atoms with E-state index in [0.717, 1.165) is 38.2 Å². The molecule has 1 aromatic heterocycles. The third-order valence-electron chi connectivity index (χ3n) is 2.80. The first kappa shape index (κ1) is 12.4. The lowest BCUT2D eigenvalue weighted by atomic mass is 10.1. The van der Waals surface area contributed by atoms with Crippen LogP contribution in [0.2, 0.25) is 0 Å². The Hall–Kier alpha value is -1.03. The van der Waals surface area contributed by atoms with E-state index in [0.29, 0.717) is 17.9 Å². The van der Waals surface area contributed by atoms with Crippen LogP contribution in [0.3, 0.4) is 0 Å². The normalized spacial score (nSPS) is 17.2. The monoisotopic (exact) mass is 255 g/mol. The number of piperidine rings is 1. The summed E-state index contributed by atoms with van der Waals surface area (Å²) in [5.41, 5.74) is 0. The van der Waals surface area contributed by atoms with E-state index in [-0.39, 0.29) is 0 Å². The Labute approximate surface area is 107 Å². The SMILES string of the molecule is CCCOc1cncc(N2CCC(Cl)CC2)n1. The summed E-state index contributed by atoms with van der Waals surface area (Å²) in [6.45, 7) is 4.64. The first-order valence-corrected chi connectivity index (χ1v) is 6.57. The van der Waals surface area contributed by atoms with Crippen LogP contribution in [0.15, 0.2) is 12.4 Å². The molecule has 17 heavy (non-hydrogen) atoms. The molecular weight excluding hydrogens is 238 g/mol. The zero-order valence-corrected chi connectivity index (χ0v) is 10.9. The average molecular weight is 256 g/mol. The summed E-state index contributed by atoms with van der Waals surface area (Å²) in [5, 5.41) is 0.304. The van der Waals surface area contributed by atoms with Gasteiger partial charge in [0.15, 0.2) is 5.82 Å². The van der Waals surface area contributed by atoms with Crippen LogP contribution in [-0.4, -0.2) is 35.0 Å². The number of anilines is 1. The molecule has 1 aliphatic rings. The predicted molar refractivity (Wildman–Crippen MR) is 68.9 cm³/mol. The van der Waals surface area contributed by atoms with Gasteiger partial charge in [0.05, 0.1) is 19.0 Å². The molecule has 1 aromatic rings. The zero-order chi connectivity index (χ0) is 12.1. The van der Waals surface area contributed by atoms with Crippen LogP contribution in [0, 0.1) is 0 Å². The topological polar surface area (TPSA) is 38.2 Å². The molecule has 1 aliphatic heterocycles. The van der Waals surface area contributed by atoms with E-state index in [1.54, 1.807) is 12.4 Å². The van der Waals surface area contributed by atoms with Crippen molar-refractivity contribution < 1.29 is 4.74 Å². The van der Waals surface area contributed by atoms with E-state index in [1.807, 2.05) is 0 Å². The molecule has 1 fully saturated rings. The highest BCUT2D eigenvalue weighted by atomic mass is 35.5. The van der Waals surface area contributed by atoms with Gasteiger partial charge in [0, 0.05) is 18.5 Å². The van der Waals surface area contributed by atoms with Crippen molar-refractivity contribution in [3.8, 4) is 5.88 Å². The number of ether oxygens (including phenoxy) is 1. The van der Waals surface area contributed by atoms with Gasteiger partial charge in [-0.1, -0.05) is 6.92 Å². The molecule has 0 radical (unpaired) electrons. The molecule has 0 spiro atoms. The van der Waals surface area contributed by atoms with Crippen LogP contribution in [0.5, 0.6) is 5.88 Å². The Kier molecular flexibility index (Phi) is 4.42. The predicted octanol–water partition coefficient (Wildman–Crippen LogP) is 2.47. The number of alkyl halides is 1. The van der Waals surface area contributed by atoms with E-state index >= 15 is 0 Å². The van der Waals surface area contributed by atoms with Crippen molar-refractivity contribution in [1.29, 1.82) is 0 Å². The minimum Gasteiger partial charge on any atom is -0.477 e. The number of rotatable bonds is 4. The number of hydrogen-bond donors (Lipinski definition) is 0. The third kappa shape index (κ3) is 3.46. The molecule has 0 N–H and O–H groups in total. The highest BCUT2D eigenvalue weighted by Gasteiger charge is 2.18. The van der Waals surface area contributed by atoms with Crippen molar-refractivity contribution in [1.82, 2.24) is 9.97 Å². The van der Waals surface area contributed by atoms with Crippen molar-refractivity contribution >= 4 is 17.4 Å². The Morgan fingerprint density at radius 3 is 2.88 bits per heavy atom. The van der Waals surface area contributed by atoms with Gasteiger partial charge >= 0.3 is 0 Å². The molecule has 0 unspecified atom stereocenters. The number of halogens is 1. The standard InChI is InChI=1S/C12H18ClN3O/c1-2-7-17-12-9-14-8-11(15-12)16-5-3-10(13)4-6-16/h8-10H,2-7H2,1H3. The molecule has 0 aromatic carbocycles. The van der Waals surface area contributed by atoms with E-state index in [1.165, 1.54) is 0 Å². The van der Waals surface area contributed by atoms with Crippen LogP contribution in [0.4, 0.5) is 5.82 Å². The van der Waals surface area contributed by atoms with E-state index in [2.05, 4.69) is 21.8 Å². The Bertz CT molecular complexity index is 353. The lowest BCUT2D eigenvalue weighted by molar-refractivity contribution is 0.304. The van der Waals surface area contributed by atoms with Crippen molar-refractivity contribution in [3.63, 3.8) is 0 Å². The Balaban J connectivity index is 2.00. The molecule has 5 heteroatoms. The molecule has 94 valence electrons. The van der Waals surface area contributed by atoms with E-state index in [4.69, 9.17) is 16.3 Å². The first-order chi connectivity index (χ1) is 8.29. The maximum Gasteiger partial charge on any atom is 0.234 e. The Morgan fingerprint density at radius 1 is 1.41 bits per heavy atom. The fourth-order valence-electron chi connectivity index (χ4n) is 1.84. The van der Waals surface area contributed by atoms with E-state index < -0.39 is 0 Å². The highest BCUT2D eigenvalue weighted by Crippen LogP contribution is 2.21. The second kappa shape index (κ2) is 6.05. The molecule has 2 rings (SSSR count). The van der Waals surface area contributed by atoms with Gasteiger partial charge in [-0.05, 0) is 19.3 Å². The second-order valence-electron chi connectivity index (χ2n) is 4.23. The van der Waals surface area contributed by atoms with Gasteiger partial charge in [-0.3, -0.25) is 4.98 Å². The van der Waals surface area contributed by atoms with Gasteiger partial charge in [0.2, 0.25) is 5.88 Å². The fraction of sp³-hybridized carbons (Fsp3) is 0.667. The van der Waals surface area contributed by atoms with Crippen molar-refractivity contribution in [3.05, 3.63) is 12.4 Å². The van der Waals surface area contributed by atoms with Gasteiger partial charge < -0.3 is 9.64 Å². The van der Waals surface area contributed by atoms with E-state index in [9.17, 15) is 0 Å². The van der Waals surface area contributed by atoms with Crippen molar-refractivity contribution in [2.24, 2.45) is 0 Å². The van der Waals surface area contributed by atoms with Gasteiger partial charge in [-0.25, -0.2) is 0 Å². The van der Waals surface area contributed by atoms with Crippen molar-refractivity contribution in [2.75, 3.05) is 24.6 Å². The highest BCUT2D eigenvalue weighted by molar-refractivity contribution is 6.20. The molecule has 0 aliphatic carbocycles. The second-order valence-corrected chi connectivity index (χ2v) is 4.84. The quantitative estimate of drug-likeness (QED) is 0.775. The summed E-state index contributed by atoms with van der Waals surface area (Å²) < 4.78 is 5.48. The molecule has 0 saturated carbocycles. The summed E-state index contributed by atoms with van der Waals surface area (Å²) in [5.74, 6) is 1.50. The maximum atomic E-state index is 6.08. The minimum atomic E-state index is 0.304. The van der Waals surface area contributed by atoms with Crippen LogP contribution in [0.25, 0.3) is 0 Å². The summed E-state index contributed by atoms with van der Waals surface area (Å²) in [6.07, 6.45) is 6.43. The van der Waals surface area contributed by atoms with Crippen LogP contribution < -0.4 is 9.64 Å². The van der Waals surface area contributed by atoms with Gasteiger partial charge in [0.1, 0.15) is 0 Å². The maximum absolute atomic E-state index is 6.08. The number of aromatic nitrogens is 2. The van der Waals surface area contributed by atoms with Crippen molar-refractivity contribution in [2.45, 2.75) is 31.6 Å². The number of hydrogen-bond acceptors (Lipinski definition) is 4. The summed E-state index contributed by atoms with van der Waals surface area (Å²) in [4.78, 5) is 10.8. The molecule has 4 nitrogen and oxygen atoms in total. The van der Waals surface area contributed by atoms with Crippen LogP contribution in [0.1, 0.15) is 26.2 Å². The summed E-state index contributed by atoms with van der Waals surface area (Å²) in [6, 6.07) is 0. The van der Waals surface area contributed by atoms with Gasteiger partial charge in [0.25, 0.3) is 0 Å². The summed E-state index contributed by atoms with van der Waals surface area (Å²) in [7, 11) is 0. The fourth-order valence-corrected chi connectivity index (χ4v) is 2.04. The molecule has 2 heterocycles. The minimum absolute atomic E-state index is 0.304.